The van der Waals surface area contributed by atoms with Crippen LogP contribution in [-0.4, -0.2) is 18.9 Å². The molecule has 0 aliphatic heterocycles. The third kappa shape index (κ3) is 3.62. The molecule has 0 bridgehead atoms. The van der Waals surface area contributed by atoms with Gasteiger partial charge in [-0.1, -0.05) is 17.7 Å². The number of halogens is 2. The van der Waals surface area contributed by atoms with Crippen molar-refractivity contribution in [2.24, 2.45) is 0 Å². The Balaban J connectivity index is 2.06. The van der Waals surface area contributed by atoms with Crippen molar-refractivity contribution in [3.8, 4) is 5.75 Å². The summed E-state index contributed by atoms with van der Waals surface area (Å²) in [6.07, 6.45) is 0. The van der Waals surface area contributed by atoms with E-state index in [9.17, 15) is 14.0 Å². The molecule has 0 saturated heterocycles. The summed E-state index contributed by atoms with van der Waals surface area (Å²) < 4.78 is 23.4. The molecule has 0 aliphatic rings. The standard InChI is InChI=1S/C16H12ClFO4/c1-21-16(20)15(19)10-5-7-11(8-6-10)22-9-12-13(17)3-2-4-14(12)18/h2-8H,9H2,1H3. The third-order valence-electron chi connectivity index (χ3n) is 2.93. The van der Waals surface area contributed by atoms with E-state index in [1.165, 1.54) is 36.4 Å². The van der Waals surface area contributed by atoms with Gasteiger partial charge in [-0.15, -0.1) is 0 Å². The molecule has 4 nitrogen and oxygen atoms in total. The van der Waals surface area contributed by atoms with Gasteiger partial charge in [-0.3, -0.25) is 4.79 Å². The predicted molar refractivity (Wildman–Crippen MR) is 78.5 cm³/mol. The van der Waals surface area contributed by atoms with E-state index >= 15 is 0 Å². The average molecular weight is 323 g/mol. The lowest BCUT2D eigenvalue weighted by atomic mass is 10.1. The lowest BCUT2D eigenvalue weighted by Gasteiger charge is -2.09. The minimum Gasteiger partial charge on any atom is -0.489 e. The second kappa shape index (κ2) is 7.04. The molecule has 6 heteroatoms. The van der Waals surface area contributed by atoms with Gasteiger partial charge in [-0.05, 0) is 36.4 Å². The second-order valence-electron chi connectivity index (χ2n) is 4.33. The largest absolute Gasteiger partial charge is 0.489 e. The number of Topliss-reactive ketones (excluding diaryl/α,β-unsaturated/α-hetero) is 1. The van der Waals surface area contributed by atoms with Gasteiger partial charge in [0.15, 0.2) is 0 Å². The number of methoxy groups -OCH3 is 1. The molecule has 22 heavy (non-hydrogen) atoms. The van der Waals surface area contributed by atoms with Crippen molar-refractivity contribution in [1.29, 1.82) is 0 Å². The summed E-state index contributed by atoms with van der Waals surface area (Å²) in [5.74, 6) is -1.72. The summed E-state index contributed by atoms with van der Waals surface area (Å²) >= 11 is 5.90. The van der Waals surface area contributed by atoms with Crippen LogP contribution in [0.2, 0.25) is 5.02 Å². The van der Waals surface area contributed by atoms with Crippen LogP contribution in [0, 0.1) is 5.82 Å². The average Bonchev–Trinajstić information content (AvgIpc) is 2.53. The fourth-order valence-corrected chi connectivity index (χ4v) is 1.96. The molecule has 0 spiro atoms. The lowest BCUT2D eigenvalue weighted by molar-refractivity contribution is -0.135. The van der Waals surface area contributed by atoms with Crippen LogP contribution in [0.5, 0.6) is 5.75 Å². The topological polar surface area (TPSA) is 52.6 Å². The lowest BCUT2D eigenvalue weighted by Crippen LogP contribution is -2.15. The molecule has 0 aliphatic carbocycles. The van der Waals surface area contributed by atoms with Crippen LogP contribution in [0.15, 0.2) is 42.5 Å². The van der Waals surface area contributed by atoms with E-state index in [0.29, 0.717) is 5.75 Å². The third-order valence-corrected chi connectivity index (χ3v) is 3.29. The number of carbonyl (C=O) groups excluding carboxylic acids is 2. The Morgan fingerprint density at radius 1 is 1.14 bits per heavy atom. The summed E-state index contributed by atoms with van der Waals surface area (Å²) in [4.78, 5) is 22.7. The van der Waals surface area contributed by atoms with Crippen molar-refractivity contribution < 1.29 is 23.5 Å². The zero-order valence-corrected chi connectivity index (χ0v) is 12.4. The number of esters is 1. The first kappa shape index (κ1) is 16.0. The van der Waals surface area contributed by atoms with Gasteiger partial charge in [0.05, 0.1) is 12.1 Å². The van der Waals surface area contributed by atoms with Crippen LogP contribution in [0.1, 0.15) is 15.9 Å². The Kier molecular flexibility index (Phi) is 5.12. The van der Waals surface area contributed by atoms with Crippen LogP contribution in [0.25, 0.3) is 0 Å². The fourth-order valence-electron chi connectivity index (χ4n) is 1.74. The number of hydrogen-bond acceptors (Lipinski definition) is 4. The van der Waals surface area contributed by atoms with Crippen LogP contribution in [0.4, 0.5) is 4.39 Å². The van der Waals surface area contributed by atoms with Crippen molar-refractivity contribution in [3.05, 3.63) is 64.4 Å². The number of hydrogen-bond donors (Lipinski definition) is 0. The molecule has 0 heterocycles. The van der Waals surface area contributed by atoms with Gasteiger partial charge in [-0.2, -0.15) is 0 Å². The molecule has 114 valence electrons. The molecular formula is C16H12ClFO4. The van der Waals surface area contributed by atoms with Crippen LogP contribution in [0.3, 0.4) is 0 Å². The Morgan fingerprint density at radius 3 is 2.41 bits per heavy atom. The van der Waals surface area contributed by atoms with Gasteiger partial charge < -0.3 is 9.47 Å². The highest BCUT2D eigenvalue weighted by atomic mass is 35.5. The Hall–Kier alpha value is -2.40. The summed E-state index contributed by atoms with van der Waals surface area (Å²) in [7, 11) is 1.13. The zero-order chi connectivity index (χ0) is 16.1. The molecule has 2 rings (SSSR count). The summed E-state index contributed by atoms with van der Waals surface area (Å²) in [6.45, 7) is -0.0458. The highest BCUT2D eigenvalue weighted by Crippen LogP contribution is 2.21. The minimum atomic E-state index is -0.938. The van der Waals surface area contributed by atoms with Gasteiger partial charge in [0.2, 0.25) is 0 Å². The molecule has 0 atom stereocenters. The maximum absolute atomic E-state index is 13.6. The number of ether oxygens (including phenoxy) is 2. The second-order valence-corrected chi connectivity index (χ2v) is 4.74. The van der Waals surface area contributed by atoms with Gasteiger partial charge in [0, 0.05) is 11.1 Å². The molecule has 0 saturated carbocycles. The maximum atomic E-state index is 13.6. The van der Waals surface area contributed by atoms with E-state index in [-0.39, 0.29) is 22.8 Å². The Labute approximate surface area is 131 Å². The molecule has 0 unspecified atom stereocenters. The molecule has 0 fully saturated rings. The van der Waals surface area contributed by atoms with Gasteiger partial charge in [0.25, 0.3) is 5.78 Å². The zero-order valence-electron chi connectivity index (χ0n) is 11.6. The molecule has 2 aromatic carbocycles. The molecule has 0 N–H and O–H groups in total. The molecule has 0 aromatic heterocycles. The van der Waals surface area contributed by atoms with Crippen LogP contribution in [-0.2, 0) is 16.1 Å². The SMILES string of the molecule is COC(=O)C(=O)c1ccc(OCc2c(F)cccc2Cl)cc1. The van der Waals surface area contributed by atoms with E-state index in [1.54, 1.807) is 6.07 Å². The van der Waals surface area contributed by atoms with Crippen molar-refractivity contribution in [2.75, 3.05) is 7.11 Å². The number of ketones is 1. The minimum absolute atomic E-state index is 0.0458. The molecule has 0 radical (unpaired) electrons. The maximum Gasteiger partial charge on any atom is 0.379 e. The van der Waals surface area contributed by atoms with Crippen molar-refractivity contribution >= 4 is 23.4 Å². The Bertz CT molecular complexity index is 678. The first-order valence-corrected chi connectivity index (χ1v) is 6.69. The first-order chi connectivity index (χ1) is 10.5. The summed E-state index contributed by atoms with van der Waals surface area (Å²) in [5.41, 5.74) is 0.432. The van der Waals surface area contributed by atoms with Crippen LogP contribution >= 0.6 is 11.6 Å². The van der Waals surface area contributed by atoms with E-state index in [2.05, 4.69) is 4.74 Å². The molecule has 2 aromatic rings. The van der Waals surface area contributed by atoms with Gasteiger partial charge >= 0.3 is 5.97 Å². The van der Waals surface area contributed by atoms with Crippen LogP contribution < -0.4 is 4.74 Å². The number of benzene rings is 2. The quantitative estimate of drug-likeness (QED) is 0.481. The normalized spacial score (nSPS) is 10.1. The molecular weight excluding hydrogens is 311 g/mol. The first-order valence-electron chi connectivity index (χ1n) is 6.31. The highest BCUT2D eigenvalue weighted by Gasteiger charge is 2.16. The van der Waals surface area contributed by atoms with Crippen molar-refractivity contribution in [2.45, 2.75) is 6.61 Å². The van der Waals surface area contributed by atoms with Crippen molar-refractivity contribution in [3.63, 3.8) is 0 Å². The van der Waals surface area contributed by atoms with E-state index < -0.39 is 17.6 Å². The van der Waals surface area contributed by atoms with Crippen molar-refractivity contribution in [1.82, 2.24) is 0 Å². The fraction of sp³-hybridized carbons (Fsp3) is 0.125. The Morgan fingerprint density at radius 2 is 1.82 bits per heavy atom. The monoisotopic (exact) mass is 322 g/mol. The highest BCUT2D eigenvalue weighted by molar-refractivity contribution is 6.40. The van der Waals surface area contributed by atoms with Gasteiger partial charge in [-0.25, -0.2) is 9.18 Å². The van der Waals surface area contributed by atoms with E-state index in [4.69, 9.17) is 16.3 Å². The predicted octanol–water partition coefficient (Wildman–Crippen LogP) is 3.41. The van der Waals surface area contributed by atoms with E-state index in [0.717, 1.165) is 7.11 Å². The molecule has 0 amide bonds. The smallest absolute Gasteiger partial charge is 0.379 e. The van der Waals surface area contributed by atoms with E-state index in [1.807, 2.05) is 0 Å². The summed E-state index contributed by atoms with van der Waals surface area (Å²) in [6, 6.07) is 10.2. The van der Waals surface area contributed by atoms with Gasteiger partial charge in [0.1, 0.15) is 18.2 Å². The number of rotatable bonds is 5. The summed E-state index contributed by atoms with van der Waals surface area (Å²) in [5, 5.41) is 0.275. The number of carbonyl (C=O) groups is 2.